The molecule has 0 radical (unpaired) electrons. The first-order chi connectivity index (χ1) is 14.7. The average Bonchev–Trinajstić information content (AvgIpc) is 3.25. The molecule has 0 bridgehead atoms. The van der Waals surface area contributed by atoms with Gasteiger partial charge in [-0.2, -0.15) is 0 Å². The molecule has 0 saturated heterocycles. The van der Waals surface area contributed by atoms with Crippen LogP contribution in [-0.4, -0.2) is 27.7 Å². The van der Waals surface area contributed by atoms with Gasteiger partial charge in [-0.25, -0.2) is 10.5 Å². The Morgan fingerprint density at radius 3 is 2.67 bits per heavy atom. The van der Waals surface area contributed by atoms with Crippen molar-refractivity contribution in [3.8, 4) is 28.1 Å². The van der Waals surface area contributed by atoms with Crippen molar-refractivity contribution in [3.63, 3.8) is 0 Å². The monoisotopic (exact) mass is 409 g/mol. The second-order valence-corrected chi connectivity index (χ2v) is 6.95. The zero-order chi connectivity index (χ0) is 21.2. The van der Waals surface area contributed by atoms with Gasteiger partial charge in [-0.1, -0.05) is 25.0 Å². The predicted octanol–water partition coefficient (Wildman–Crippen LogP) is 4.80. The molecule has 3 rings (SSSR count). The topological polar surface area (TPSA) is 97.5 Å². The maximum atomic E-state index is 11.0. The molecule has 0 aliphatic rings. The van der Waals surface area contributed by atoms with E-state index in [9.17, 15) is 4.79 Å². The lowest BCUT2D eigenvalue weighted by molar-refractivity contribution is -0.129. The third-order valence-corrected chi connectivity index (χ3v) is 4.79. The smallest absolute Gasteiger partial charge is 0.243 e. The molecule has 0 aliphatic heterocycles. The molecule has 158 valence electrons. The zero-order valence-corrected chi connectivity index (χ0v) is 17.1. The summed E-state index contributed by atoms with van der Waals surface area (Å²) in [5.74, 6) is 1.20. The minimum absolute atomic E-state index is 0.340. The number of rotatable bonds is 11. The van der Waals surface area contributed by atoms with E-state index in [1.807, 2.05) is 43.5 Å². The highest BCUT2D eigenvalue weighted by Crippen LogP contribution is 2.32. The zero-order valence-electron chi connectivity index (χ0n) is 17.1. The Kier molecular flexibility index (Phi) is 7.97. The SMILES string of the molecule is CCOc1ccc(-c2cnccc2-c2coc(CCCCCCC(=O)NO)n2)cc1. The van der Waals surface area contributed by atoms with Crippen LogP contribution in [0.5, 0.6) is 5.75 Å². The number of pyridine rings is 1. The Morgan fingerprint density at radius 2 is 1.90 bits per heavy atom. The Bertz CT molecular complexity index is 938. The number of amides is 1. The summed E-state index contributed by atoms with van der Waals surface area (Å²) < 4.78 is 11.2. The van der Waals surface area contributed by atoms with Gasteiger partial charge in [0.1, 0.15) is 17.7 Å². The van der Waals surface area contributed by atoms with E-state index >= 15 is 0 Å². The lowest BCUT2D eigenvalue weighted by Gasteiger charge is -2.08. The van der Waals surface area contributed by atoms with Crippen molar-refractivity contribution < 1.29 is 19.2 Å². The maximum Gasteiger partial charge on any atom is 0.243 e. The van der Waals surface area contributed by atoms with Crippen LogP contribution >= 0.6 is 0 Å². The number of nitrogens with one attached hydrogen (secondary N) is 1. The molecular formula is C23H27N3O4. The van der Waals surface area contributed by atoms with Crippen LogP contribution in [0.2, 0.25) is 0 Å². The minimum atomic E-state index is -0.340. The van der Waals surface area contributed by atoms with E-state index in [1.165, 1.54) is 0 Å². The van der Waals surface area contributed by atoms with E-state index in [2.05, 4.69) is 9.97 Å². The van der Waals surface area contributed by atoms with E-state index in [4.69, 9.17) is 14.4 Å². The average molecular weight is 409 g/mol. The molecule has 2 heterocycles. The molecule has 2 N–H and O–H groups in total. The van der Waals surface area contributed by atoms with Crippen LogP contribution in [0.3, 0.4) is 0 Å². The van der Waals surface area contributed by atoms with Crippen LogP contribution < -0.4 is 10.2 Å². The lowest BCUT2D eigenvalue weighted by Crippen LogP contribution is -2.17. The number of hydroxylamine groups is 1. The van der Waals surface area contributed by atoms with Crippen molar-refractivity contribution in [1.82, 2.24) is 15.4 Å². The second kappa shape index (κ2) is 11.1. The van der Waals surface area contributed by atoms with Gasteiger partial charge in [0.2, 0.25) is 5.91 Å². The molecular weight excluding hydrogens is 382 g/mol. The number of aryl methyl sites for hydroxylation is 1. The third kappa shape index (κ3) is 5.90. The number of nitrogens with zero attached hydrogens (tertiary/aromatic N) is 2. The molecule has 0 saturated carbocycles. The fourth-order valence-corrected chi connectivity index (χ4v) is 3.27. The van der Waals surface area contributed by atoms with Crippen LogP contribution in [0.1, 0.15) is 44.9 Å². The minimum Gasteiger partial charge on any atom is -0.494 e. The predicted molar refractivity (Wildman–Crippen MR) is 113 cm³/mol. The maximum absolute atomic E-state index is 11.0. The van der Waals surface area contributed by atoms with Crippen LogP contribution in [-0.2, 0) is 11.2 Å². The summed E-state index contributed by atoms with van der Waals surface area (Å²) >= 11 is 0. The first-order valence-electron chi connectivity index (χ1n) is 10.3. The van der Waals surface area contributed by atoms with Crippen LogP contribution in [0.4, 0.5) is 0 Å². The molecule has 0 aliphatic carbocycles. The van der Waals surface area contributed by atoms with Crippen LogP contribution in [0.25, 0.3) is 22.4 Å². The number of hydrogen-bond acceptors (Lipinski definition) is 6. The van der Waals surface area contributed by atoms with Gasteiger partial charge in [0.15, 0.2) is 5.89 Å². The number of unbranched alkanes of at least 4 members (excludes halogenated alkanes) is 3. The molecule has 2 aromatic heterocycles. The molecule has 1 amide bonds. The van der Waals surface area contributed by atoms with E-state index in [1.54, 1.807) is 17.9 Å². The Morgan fingerprint density at radius 1 is 1.10 bits per heavy atom. The third-order valence-electron chi connectivity index (χ3n) is 4.79. The number of benzene rings is 1. The van der Waals surface area contributed by atoms with Crippen molar-refractivity contribution in [3.05, 3.63) is 54.9 Å². The van der Waals surface area contributed by atoms with Crippen LogP contribution in [0, 0.1) is 0 Å². The van der Waals surface area contributed by atoms with Gasteiger partial charge in [-0.15, -0.1) is 0 Å². The van der Waals surface area contributed by atoms with Gasteiger partial charge in [-0.05, 0) is 43.5 Å². The molecule has 7 nitrogen and oxygen atoms in total. The molecule has 7 heteroatoms. The lowest BCUT2D eigenvalue weighted by atomic mass is 10.0. The fraction of sp³-hybridized carbons (Fsp3) is 0.348. The summed E-state index contributed by atoms with van der Waals surface area (Å²) in [6.45, 7) is 2.60. The first-order valence-corrected chi connectivity index (χ1v) is 10.3. The normalized spacial score (nSPS) is 10.7. The van der Waals surface area contributed by atoms with Gasteiger partial charge >= 0.3 is 0 Å². The van der Waals surface area contributed by atoms with Crippen molar-refractivity contribution in [2.45, 2.75) is 45.4 Å². The molecule has 0 atom stereocenters. The van der Waals surface area contributed by atoms with Crippen LogP contribution in [0.15, 0.2) is 53.4 Å². The quantitative estimate of drug-likeness (QED) is 0.268. The first kappa shape index (κ1) is 21.5. The van der Waals surface area contributed by atoms with Gasteiger partial charge < -0.3 is 9.15 Å². The Hall–Kier alpha value is -3.19. The highest BCUT2D eigenvalue weighted by atomic mass is 16.5. The summed E-state index contributed by atoms with van der Waals surface area (Å²) in [7, 11) is 0. The van der Waals surface area contributed by atoms with Gasteiger partial charge in [0, 0.05) is 36.4 Å². The summed E-state index contributed by atoms with van der Waals surface area (Å²) in [5.41, 5.74) is 5.44. The highest BCUT2D eigenvalue weighted by molar-refractivity contribution is 5.81. The number of aromatic nitrogens is 2. The largest absolute Gasteiger partial charge is 0.494 e. The van der Waals surface area contributed by atoms with Gasteiger partial charge in [0.05, 0.1) is 6.61 Å². The molecule has 0 unspecified atom stereocenters. The number of oxazole rings is 1. The van der Waals surface area contributed by atoms with E-state index in [0.29, 0.717) is 18.9 Å². The van der Waals surface area contributed by atoms with E-state index < -0.39 is 0 Å². The number of ether oxygens (including phenoxy) is 1. The summed E-state index contributed by atoms with van der Waals surface area (Å²) in [6.07, 6.45) is 9.96. The Balaban J connectivity index is 1.61. The Labute approximate surface area is 176 Å². The number of hydrogen-bond donors (Lipinski definition) is 2. The second-order valence-electron chi connectivity index (χ2n) is 6.95. The fourth-order valence-electron chi connectivity index (χ4n) is 3.27. The summed E-state index contributed by atoms with van der Waals surface area (Å²) in [5, 5.41) is 8.48. The van der Waals surface area contributed by atoms with Gasteiger partial charge in [0.25, 0.3) is 0 Å². The van der Waals surface area contributed by atoms with Crippen molar-refractivity contribution in [2.75, 3.05) is 6.61 Å². The van der Waals surface area contributed by atoms with Gasteiger partial charge in [-0.3, -0.25) is 15.0 Å². The van der Waals surface area contributed by atoms with E-state index in [-0.39, 0.29) is 5.91 Å². The molecule has 0 spiro atoms. The highest BCUT2D eigenvalue weighted by Gasteiger charge is 2.12. The molecule has 1 aromatic carbocycles. The van der Waals surface area contributed by atoms with Crippen molar-refractivity contribution in [1.29, 1.82) is 0 Å². The number of carbonyl (C=O) groups is 1. The molecule has 30 heavy (non-hydrogen) atoms. The standard InChI is InChI=1S/C23H27N3O4/c1-2-29-18-11-9-17(10-12-18)20-15-24-14-13-19(20)21-16-30-23(25-21)8-6-4-3-5-7-22(27)26-28/h9-16,28H,2-8H2,1H3,(H,26,27). The molecule has 3 aromatic rings. The number of carbonyl (C=O) groups excluding carboxylic acids is 1. The van der Waals surface area contributed by atoms with Crippen molar-refractivity contribution in [2.24, 2.45) is 0 Å². The molecule has 0 fully saturated rings. The van der Waals surface area contributed by atoms with Crippen molar-refractivity contribution >= 4 is 5.91 Å². The summed E-state index contributed by atoms with van der Waals surface area (Å²) in [4.78, 5) is 19.9. The summed E-state index contributed by atoms with van der Waals surface area (Å²) in [6, 6.07) is 9.88. The van der Waals surface area contributed by atoms with E-state index in [0.717, 1.165) is 60.2 Å².